The molecular formula is C20H35N3OS2. The third-order valence-corrected chi connectivity index (χ3v) is 7.35. The predicted octanol–water partition coefficient (Wildman–Crippen LogP) is 4.58. The first-order valence-electron chi connectivity index (χ1n) is 9.71. The number of nitrogens with zero attached hydrogens (tertiary/aromatic N) is 2. The van der Waals surface area contributed by atoms with Gasteiger partial charge in [-0.1, -0.05) is 41.5 Å². The topological polar surface area (TPSA) is 59.2 Å². The summed E-state index contributed by atoms with van der Waals surface area (Å²) in [6.07, 6.45) is 4.58. The van der Waals surface area contributed by atoms with Crippen LogP contribution in [0.1, 0.15) is 71.4 Å². The number of nitrogens with two attached hydrogens (primary N) is 1. The van der Waals surface area contributed by atoms with E-state index in [2.05, 4.69) is 64.1 Å². The van der Waals surface area contributed by atoms with Gasteiger partial charge >= 0.3 is 0 Å². The summed E-state index contributed by atoms with van der Waals surface area (Å²) in [7, 11) is 0. The Kier molecular flexibility index (Phi) is 6.71. The Labute approximate surface area is 168 Å². The van der Waals surface area contributed by atoms with Crippen LogP contribution in [0.25, 0.3) is 0 Å². The van der Waals surface area contributed by atoms with Gasteiger partial charge in [0.1, 0.15) is 0 Å². The molecule has 2 unspecified atom stereocenters. The molecule has 0 radical (unpaired) electrons. The van der Waals surface area contributed by atoms with Crippen LogP contribution in [-0.4, -0.2) is 33.6 Å². The van der Waals surface area contributed by atoms with Gasteiger partial charge in [0.05, 0.1) is 5.69 Å². The van der Waals surface area contributed by atoms with Gasteiger partial charge in [0.2, 0.25) is 5.91 Å². The van der Waals surface area contributed by atoms with Crippen LogP contribution in [-0.2, 0) is 17.6 Å². The molecule has 26 heavy (non-hydrogen) atoms. The number of thiol groups is 1. The maximum absolute atomic E-state index is 13.5. The zero-order valence-electron chi connectivity index (χ0n) is 17.1. The van der Waals surface area contributed by atoms with Gasteiger partial charge < -0.3 is 10.6 Å². The molecule has 1 heterocycles. The maximum Gasteiger partial charge on any atom is 0.228 e. The van der Waals surface area contributed by atoms with Gasteiger partial charge in [0, 0.05) is 34.5 Å². The van der Waals surface area contributed by atoms with Crippen molar-refractivity contribution in [1.82, 2.24) is 9.88 Å². The third-order valence-electron chi connectivity index (χ3n) is 5.70. The van der Waals surface area contributed by atoms with E-state index in [9.17, 15) is 4.79 Å². The number of aryl methyl sites for hydroxylation is 1. The van der Waals surface area contributed by atoms with Crippen molar-refractivity contribution in [3.8, 4) is 0 Å². The van der Waals surface area contributed by atoms with E-state index in [0.717, 1.165) is 44.3 Å². The molecule has 2 rings (SSSR count). The van der Waals surface area contributed by atoms with Crippen LogP contribution in [0.15, 0.2) is 0 Å². The molecule has 0 aliphatic heterocycles. The van der Waals surface area contributed by atoms with Crippen molar-refractivity contribution in [1.29, 1.82) is 0 Å². The summed E-state index contributed by atoms with van der Waals surface area (Å²) in [6.45, 7) is 13.7. The van der Waals surface area contributed by atoms with Crippen LogP contribution in [0.3, 0.4) is 0 Å². The number of carbonyl (C=O) groups excluding carboxylic acids is 1. The highest BCUT2D eigenvalue weighted by Crippen LogP contribution is 2.40. The van der Waals surface area contributed by atoms with Crippen LogP contribution < -0.4 is 5.73 Å². The number of nitrogen functional groups attached to an aromatic ring is 1. The number of anilines is 1. The lowest BCUT2D eigenvalue weighted by Gasteiger charge is -2.42. The van der Waals surface area contributed by atoms with Crippen LogP contribution in [0.5, 0.6) is 0 Å². The fourth-order valence-electron chi connectivity index (χ4n) is 4.09. The normalized spacial score (nSPS) is 19.1. The van der Waals surface area contributed by atoms with Crippen LogP contribution in [0.4, 0.5) is 5.13 Å². The molecule has 0 spiro atoms. The summed E-state index contributed by atoms with van der Waals surface area (Å²) in [6, 6.07) is 0.255. The fraction of sp³-hybridized carbons (Fsp3) is 0.800. The molecule has 0 aromatic carbocycles. The van der Waals surface area contributed by atoms with Crippen molar-refractivity contribution >= 4 is 35.0 Å². The first-order valence-corrected chi connectivity index (χ1v) is 11.0. The first kappa shape index (κ1) is 21.5. The van der Waals surface area contributed by atoms with E-state index in [1.54, 1.807) is 11.3 Å². The SMILES string of the molecule is CCCN(C(=O)C(C)(C)CC(C)(C)C(C)S)C1CCc2nc(N)sc2C1. The van der Waals surface area contributed by atoms with Gasteiger partial charge in [0.15, 0.2) is 5.13 Å². The van der Waals surface area contributed by atoms with E-state index in [1.807, 2.05) is 0 Å². The van der Waals surface area contributed by atoms with E-state index in [0.29, 0.717) is 5.13 Å². The minimum Gasteiger partial charge on any atom is -0.375 e. The Balaban J connectivity index is 2.19. The van der Waals surface area contributed by atoms with Gasteiger partial charge in [-0.15, -0.1) is 11.3 Å². The molecule has 6 heteroatoms. The summed E-state index contributed by atoms with van der Waals surface area (Å²) in [5.41, 5.74) is 6.63. The summed E-state index contributed by atoms with van der Waals surface area (Å²) >= 11 is 6.23. The molecule has 4 nitrogen and oxygen atoms in total. The van der Waals surface area contributed by atoms with Crippen molar-refractivity contribution in [2.75, 3.05) is 12.3 Å². The highest BCUT2D eigenvalue weighted by Gasteiger charge is 2.41. The van der Waals surface area contributed by atoms with Crippen molar-refractivity contribution in [2.45, 2.75) is 84.9 Å². The first-order chi connectivity index (χ1) is 12.0. The summed E-state index contributed by atoms with van der Waals surface area (Å²) in [4.78, 5) is 21.4. The van der Waals surface area contributed by atoms with Crippen molar-refractivity contribution < 1.29 is 4.79 Å². The molecule has 2 atom stereocenters. The molecule has 2 N–H and O–H groups in total. The lowest BCUT2D eigenvalue weighted by atomic mass is 9.72. The number of aromatic nitrogens is 1. The molecular weight excluding hydrogens is 362 g/mol. The highest BCUT2D eigenvalue weighted by atomic mass is 32.1. The predicted molar refractivity (Wildman–Crippen MR) is 115 cm³/mol. The number of rotatable bonds is 7. The molecule has 0 bridgehead atoms. The molecule has 0 saturated heterocycles. The Bertz CT molecular complexity index is 637. The number of fused-ring (bicyclic) bond motifs is 1. The molecule has 1 amide bonds. The largest absolute Gasteiger partial charge is 0.375 e. The molecule has 148 valence electrons. The van der Waals surface area contributed by atoms with E-state index in [4.69, 9.17) is 5.73 Å². The zero-order valence-corrected chi connectivity index (χ0v) is 18.8. The minimum absolute atomic E-state index is 0.00597. The summed E-state index contributed by atoms with van der Waals surface area (Å²) in [5, 5.41) is 0.889. The zero-order chi connectivity index (χ0) is 19.7. The van der Waals surface area contributed by atoms with Gasteiger partial charge in [-0.2, -0.15) is 12.6 Å². The Hall–Kier alpha value is -0.750. The van der Waals surface area contributed by atoms with E-state index < -0.39 is 5.41 Å². The van der Waals surface area contributed by atoms with Gasteiger partial charge in [0.25, 0.3) is 0 Å². The van der Waals surface area contributed by atoms with Gasteiger partial charge in [-0.05, 0) is 31.1 Å². The number of hydrogen-bond donors (Lipinski definition) is 2. The van der Waals surface area contributed by atoms with Crippen LogP contribution >= 0.6 is 24.0 Å². The average molecular weight is 398 g/mol. The number of thiazole rings is 1. The Morgan fingerprint density at radius 3 is 2.65 bits per heavy atom. The smallest absolute Gasteiger partial charge is 0.228 e. The van der Waals surface area contributed by atoms with Crippen molar-refractivity contribution in [3.63, 3.8) is 0 Å². The fourth-order valence-corrected chi connectivity index (χ4v) is 5.13. The number of hydrogen-bond acceptors (Lipinski definition) is 5. The number of amides is 1. The van der Waals surface area contributed by atoms with Crippen molar-refractivity contribution in [2.24, 2.45) is 10.8 Å². The monoisotopic (exact) mass is 397 g/mol. The summed E-state index contributed by atoms with van der Waals surface area (Å²) in [5.74, 6) is 0.271. The van der Waals surface area contributed by atoms with E-state index >= 15 is 0 Å². The standard InChI is InChI=1S/C20H35N3OS2/c1-7-10-23(14-8-9-15-16(11-14)26-18(21)22-15)17(24)20(5,6)12-19(3,4)13(2)25/h13-14,25H,7-12H2,1-6H3,(H2,21,22). The van der Waals surface area contributed by atoms with E-state index in [-0.39, 0.29) is 22.6 Å². The quantitative estimate of drug-likeness (QED) is 0.662. The van der Waals surface area contributed by atoms with E-state index in [1.165, 1.54) is 4.88 Å². The van der Waals surface area contributed by atoms with Crippen molar-refractivity contribution in [3.05, 3.63) is 10.6 Å². The summed E-state index contributed by atoms with van der Waals surface area (Å²) < 4.78 is 0. The Morgan fingerprint density at radius 1 is 1.42 bits per heavy atom. The third kappa shape index (κ3) is 4.75. The molecule has 1 aliphatic carbocycles. The lowest BCUT2D eigenvalue weighted by molar-refractivity contribution is -0.145. The Morgan fingerprint density at radius 2 is 2.08 bits per heavy atom. The molecule has 1 aromatic rings. The maximum atomic E-state index is 13.5. The second-order valence-corrected chi connectivity index (χ2v) is 10.9. The minimum atomic E-state index is -0.400. The van der Waals surface area contributed by atoms with Crippen LogP contribution in [0, 0.1) is 10.8 Å². The van der Waals surface area contributed by atoms with Crippen LogP contribution in [0.2, 0.25) is 0 Å². The lowest BCUT2D eigenvalue weighted by Crippen LogP contribution is -2.50. The molecule has 1 aliphatic rings. The second kappa shape index (κ2) is 8.09. The highest BCUT2D eigenvalue weighted by molar-refractivity contribution is 7.81. The average Bonchev–Trinajstić information content (AvgIpc) is 2.89. The number of carbonyl (C=O) groups is 1. The van der Waals surface area contributed by atoms with Gasteiger partial charge in [-0.3, -0.25) is 4.79 Å². The molecule has 0 saturated carbocycles. The molecule has 0 fully saturated rings. The van der Waals surface area contributed by atoms with Gasteiger partial charge in [-0.25, -0.2) is 4.98 Å². The second-order valence-electron chi connectivity index (χ2n) is 9.04. The molecule has 1 aromatic heterocycles.